The molecule has 4 heterocycles. The van der Waals surface area contributed by atoms with Crippen LogP contribution in [0.4, 0.5) is 0 Å². The molecule has 1 unspecified atom stereocenters. The van der Waals surface area contributed by atoms with Crippen molar-refractivity contribution in [3.05, 3.63) is 22.9 Å². The van der Waals surface area contributed by atoms with Crippen molar-refractivity contribution < 1.29 is 4.74 Å². The Hall–Kier alpha value is -1.98. The van der Waals surface area contributed by atoms with Crippen molar-refractivity contribution in [3.63, 3.8) is 0 Å². The van der Waals surface area contributed by atoms with Gasteiger partial charge in [-0.05, 0) is 44.0 Å². The van der Waals surface area contributed by atoms with E-state index < -0.39 is 0 Å². The molecule has 0 aromatic carbocycles. The van der Waals surface area contributed by atoms with Crippen LogP contribution < -0.4 is 0 Å². The number of nitrogens with zero attached hydrogens (tertiary/aromatic N) is 7. The third kappa shape index (κ3) is 4.49. The van der Waals surface area contributed by atoms with Gasteiger partial charge in [-0.15, -0.1) is 10.2 Å². The number of rotatable bonds is 7. The van der Waals surface area contributed by atoms with Gasteiger partial charge in [-0.2, -0.15) is 10.2 Å². The Kier molecular flexibility index (Phi) is 6.24. The molecule has 1 aliphatic heterocycles. The second kappa shape index (κ2) is 9.25. The van der Waals surface area contributed by atoms with Crippen LogP contribution in [0.1, 0.15) is 56.8 Å². The maximum absolute atomic E-state index is 5.90. The summed E-state index contributed by atoms with van der Waals surface area (Å²) in [7, 11) is 1.91. The number of nitrogens with one attached hydrogen (secondary N) is 1. The van der Waals surface area contributed by atoms with Crippen LogP contribution in [0.3, 0.4) is 0 Å². The number of H-pyrrole nitrogens is 1. The minimum Gasteiger partial charge on any atom is -0.376 e. The molecule has 2 fully saturated rings. The van der Waals surface area contributed by atoms with Gasteiger partial charge in [-0.25, -0.2) is 0 Å². The van der Waals surface area contributed by atoms with Crippen LogP contribution in [-0.4, -0.2) is 52.0 Å². The molecule has 1 saturated heterocycles. The predicted molar refractivity (Wildman–Crippen MR) is 120 cm³/mol. The van der Waals surface area contributed by atoms with Crippen molar-refractivity contribution >= 4 is 24.0 Å². The van der Waals surface area contributed by atoms with Gasteiger partial charge in [0.05, 0.1) is 18.4 Å². The summed E-state index contributed by atoms with van der Waals surface area (Å²) < 4.78 is 12.8. The normalized spacial score (nSPS) is 20.0. The van der Waals surface area contributed by atoms with Crippen LogP contribution in [-0.2, 0) is 24.1 Å². The molecule has 1 aliphatic carbocycles. The maximum atomic E-state index is 5.90. The molecule has 1 saturated carbocycles. The minimum atomic E-state index is 0.189. The lowest BCUT2D eigenvalue weighted by molar-refractivity contribution is 0.0953. The Morgan fingerprint density at radius 2 is 2.06 bits per heavy atom. The number of aryl methyl sites for hydroxylation is 1. The Morgan fingerprint density at radius 3 is 2.81 bits per heavy atom. The average molecular weight is 461 g/mol. The molecular formula is C20H28N8OS2. The Balaban J connectivity index is 1.39. The van der Waals surface area contributed by atoms with E-state index in [-0.39, 0.29) is 6.10 Å². The van der Waals surface area contributed by atoms with Crippen molar-refractivity contribution in [2.75, 3.05) is 6.61 Å². The number of hydrogen-bond donors (Lipinski definition) is 1. The van der Waals surface area contributed by atoms with Crippen molar-refractivity contribution in [1.29, 1.82) is 0 Å². The third-order valence-corrected chi connectivity index (χ3v) is 7.37. The van der Waals surface area contributed by atoms with E-state index in [4.69, 9.17) is 17.0 Å². The summed E-state index contributed by atoms with van der Waals surface area (Å²) >= 11 is 7.20. The van der Waals surface area contributed by atoms with Gasteiger partial charge in [0.1, 0.15) is 11.5 Å². The van der Waals surface area contributed by atoms with E-state index in [1.807, 2.05) is 19.3 Å². The molecule has 2 aliphatic rings. The fraction of sp³-hybridized carbons (Fsp3) is 0.650. The zero-order valence-electron chi connectivity index (χ0n) is 17.7. The van der Waals surface area contributed by atoms with E-state index in [1.165, 1.54) is 32.1 Å². The van der Waals surface area contributed by atoms with Crippen LogP contribution in [0.5, 0.6) is 0 Å². The Bertz CT molecular complexity index is 1070. The van der Waals surface area contributed by atoms with Gasteiger partial charge in [-0.1, -0.05) is 31.0 Å². The molecule has 166 valence electrons. The first-order valence-corrected chi connectivity index (χ1v) is 12.4. The highest BCUT2D eigenvalue weighted by molar-refractivity contribution is 7.98. The summed E-state index contributed by atoms with van der Waals surface area (Å²) in [5.74, 6) is 2.45. The first-order valence-electron chi connectivity index (χ1n) is 11.0. The van der Waals surface area contributed by atoms with Crippen LogP contribution >= 0.6 is 24.0 Å². The van der Waals surface area contributed by atoms with E-state index in [2.05, 4.69) is 34.6 Å². The zero-order valence-corrected chi connectivity index (χ0v) is 19.4. The van der Waals surface area contributed by atoms with Gasteiger partial charge in [0, 0.05) is 25.9 Å². The SMILES string of the molecule is Cn1ccc(-c2nnc(SCc3n[nH]c(=S)n3C3CCCCC3)n2CC2CCCO2)n1. The summed E-state index contributed by atoms with van der Waals surface area (Å²) in [5.41, 5.74) is 0.824. The predicted octanol–water partition coefficient (Wildman–Crippen LogP) is 3.91. The maximum Gasteiger partial charge on any atom is 0.195 e. The van der Waals surface area contributed by atoms with Crippen molar-refractivity contribution in [1.82, 2.24) is 39.3 Å². The quantitative estimate of drug-likeness (QED) is 0.422. The number of aromatic nitrogens is 8. The summed E-state index contributed by atoms with van der Waals surface area (Å²) in [6, 6.07) is 2.42. The smallest absolute Gasteiger partial charge is 0.195 e. The van der Waals surface area contributed by atoms with Gasteiger partial charge < -0.3 is 9.30 Å². The van der Waals surface area contributed by atoms with Crippen molar-refractivity contribution in [2.45, 2.75) is 74.5 Å². The Labute approximate surface area is 190 Å². The lowest BCUT2D eigenvalue weighted by atomic mass is 9.95. The van der Waals surface area contributed by atoms with Crippen LogP contribution in [0.25, 0.3) is 11.5 Å². The lowest BCUT2D eigenvalue weighted by Crippen LogP contribution is -2.17. The van der Waals surface area contributed by atoms with E-state index in [0.29, 0.717) is 11.8 Å². The summed E-state index contributed by atoms with van der Waals surface area (Å²) in [4.78, 5) is 0. The molecule has 0 amide bonds. The minimum absolute atomic E-state index is 0.189. The fourth-order valence-corrected chi connectivity index (χ4v) is 5.74. The van der Waals surface area contributed by atoms with Gasteiger partial charge in [0.25, 0.3) is 0 Å². The first kappa shape index (κ1) is 20.9. The molecule has 5 rings (SSSR count). The molecule has 0 spiro atoms. The number of ether oxygens (including phenoxy) is 1. The molecule has 3 aromatic rings. The van der Waals surface area contributed by atoms with E-state index in [1.54, 1.807) is 16.4 Å². The highest BCUT2D eigenvalue weighted by Crippen LogP contribution is 2.32. The average Bonchev–Trinajstić information content (AvgIpc) is 3.56. The van der Waals surface area contributed by atoms with Gasteiger partial charge in [0.2, 0.25) is 0 Å². The molecule has 31 heavy (non-hydrogen) atoms. The fourth-order valence-electron chi connectivity index (χ4n) is 4.56. The molecule has 0 bridgehead atoms. The van der Waals surface area contributed by atoms with Crippen molar-refractivity contribution in [3.8, 4) is 11.5 Å². The molecule has 9 nitrogen and oxygen atoms in total. The highest BCUT2D eigenvalue weighted by Gasteiger charge is 2.24. The summed E-state index contributed by atoms with van der Waals surface area (Å²) in [5, 5.41) is 21.9. The molecule has 1 atom stereocenters. The molecule has 3 aromatic heterocycles. The topological polar surface area (TPSA) is 91.4 Å². The molecule has 1 N–H and O–H groups in total. The lowest BCUT2D eigenvalue weighted by Gasteiger charge is -2.24. The molecular weight excluding hydrogens is 432 g/mol. The number of aromatic amines is 1. The van der Waals surface area contributed by atoms with E-state index in [0.717, 1.165) is 53.3 Å². The van der Waals surface area contributed by atoms with Gasteiger partial charge in [0.15, 0.2) is 15.8 Å². The van der Waals surface area contributed by atoms with Crippen LogP contribution in [0.15, 0.2) is 17.4 Å². The highest BCUT2D eigenvalue weighted by atomic mass is 32.2. The molecule has 0 radical (unpaired) electrons. The Morgan fingerprint density at radius 1 is 1.19 bits per heavy atom. The standard InChI is InChI=1S/C20H28N8OS2/c1-26-10-9-16(25-26)18-22-24-20(27(18)12-15-8-5-11-29-15)31-13-17-21-23-19(30)28(17)14-6-3-2-4-7-14/h9-10,14-15H,2-8,11-13H2,1H3,(H,23,30). The van der Waals surface area contributed by atoms with Gasteiger partial charge in [-0.3, -0.25) is 14.3 Å². The first-order chi connectivity index (χ1) is 15.2. The number of thioether (sulfide) groups is 1. The second-order valence-electron chi connectivity index (χ2n) is 8.32. The van der Waals surface area contributed by atoms with Crippen molar-refractivity contribution in [2.24, 2.45) is 7.05 Å². The second-order valence-corrected chi connectivity index (χ2v) is 9.65. The van der Waals surface area contributed by atoms with Crippen LogP contribution in [0, 0.1) is 4.77 Å². The molecule has 11 heteroatoms. The largest absolute Gasteiger partial charge is 0.376 e. The monoisotopic (exact) mass is 460 g/mol. The van der Waals surface area contributed by atoms with E-state index >= 15 is 0 Å². The zero-order chi connectivity index (χ0) is 21.2. The van der Waals surface area contributed by atoms with Crippen LogP contribution in [0.2, 0.25) is 0 Å². The third-order valence-electron chi connectivity index (χ3n) is 6.12. The van der Waals surface area contributed by atoms with Gasteiger partial charge >= 0.3 is 0 Å². The summed E-state index contributed by atoms with van der Waals surface area (Å²) in [6.07, 6.45) is 10.4. The van der Waals surface area contributed by atoms with E-state index in [9.17, 15) is 0 Å². The summed E-state index contributed by atoms with van der Waals surface area (Å²) in [6.45, 7) is 1.56. The number of hydrogen-bond acceptors (Lipinski definition) is 7.